The Morgan fingerprint density at radius 1 is 1.29 bits per heavy atom. The van der Waals surface area contributed by atoms with Gasteiger partial charge in [0.25, 0.3) is 5.91 Å². The molecule has 0 saturated heterocycles. The molecule has 24 heavy (non-hydrogen) atoms. The molecule has 0 bridgehead atoms. The van der Waals surface area contributed by atoms with Crippen LogP contribution in [0.5, 0.6) is 5.75 Å². The fraction of sp³-hybridized carbons (Fsp3) is 0.278. The first kappa shape index (κ1) is 18.2. The van der Waals surface area contributed by atoms with Crippen molar-refractivity contribution >= 4 is 17.5 Å². The number of nitrogens with one attached hydrogen (secondary N) is 1. The van der Waals surface area contributed by atoms with Gasteiger partial charge in [-0.3, -0.25) is 4.79 Å². The van der Waals surface area contributed by atoms with Crippen molar-refractivity contribution in [3.63, 3.8) is 0 Å². The third kappa shape index (κ3) is 4.94. The van der Waals surface area contributed by atoms with Crippen LogP contribution < -0.4 is 10.1 Å². The van der Waals surface area contributed by atoms with Gasteiger partial charge >= 0.3 is 0 Å². The number of methoxy groups -OCH3 is 1. The van der Waals surface area contributed by atoms with E-state index in [-0.39, 0.29) is 17.1 Å². The van der Waals surface area contributed by atoms with E-state index in [0.29, 0.717) is 6.42 Å². The zero-order valence-electron chi connectivity index (χ0n) is 13.5. The van der Waals surface area contributed by atoms with Gasteiger partial charge in [0.1, 0.15) is 11.6 Å². The van der Waals surface area contributed by atoms with Gasteiger partial charge in [-0.2, -0.15) is 0 Å². The van der Waals surface area contributed by atoms with Crippen LogP contribution in [0.3, 0.4) is 0 Å². The van der Waals surface area contributed by atoms with Crippen LogP contribution in [0.25, 0.3) is 0 Å². The van der Waals surface area contributed by atoms with Crippen molar-refractivity contribution < 1.29 is 19.0 Å². The van der Waals surface area contributed by atoms with Gasteiger partial charge in [-0.25, -0.2) is 4.39 Å². The second-order valence-corrected chi connectivity index (χ2v) is 6.24. The number of aliphatic hydroxyl groups is 1. The van der Waals surface area contributed by atoms with Crippen molar-refractivity contribution in [1.29, 1.82) is 0 Å². The Balaban J connectivity index is 1.96. The van der Waals surface area contributed by atoms with Crippen molar-refractivity contribution in [1.82, 2.24) is 5.32 Å². The highest BCUT2D eigenvalue weighted by molar-refractivity contribution is 6.33. The maximum absolute atomic E-state index is 13.0. The number of carbonyl (C=O) groups is 1. The van der Waals surface area contributed by atoms with Crippen LogP contribution in [0.1, 0.15) is 22.8 Å². The minimum absolute atomic E-state index is 0.0299. The largest absolute Gasteiger partial charge is 0.497 e. The average molecular weight is 352 g/mol. The van der Waals surface area contributed by atoms with E-state index in [4.69, 9.17) is 16.3 Å². The Kier molecular flexibility index (Phi) is 5.80. The van der Waals surface area contributed by atoms with Crippen molar-refractivity contribution in [2.24, 2.45) is 0 Å². The SMILES string of the molecule is COc1ccc(C[C@@](C)(O)CNC(=O)c2ccc(F)cc2Cl)cc1. The summed E-state index contributed by atoms with van der Waals surface area (Å²) in [4.78, 5) is 12.1. The summed E-state index contributed by atoms with van der Waals surface area (Å²) >= 11 is 5.86. The number of amides is 1. The van der Waals surface area contributed by atoms with E-state index in [1.54, 1.807) is 14.0 Å². The van der Waals surface area contributed by atoms with Crippen molar-refractivity contribution in [3.05, 3.63) is 64.4 Å². The molecule has 0 aliphatic carbocycles. The molecule has 0 fully saturated rings. The summed E-state index contributed by atoms with van der Waals surface area (Å²) in [5.74, 6) is -0.240. The first-order chi connectivity index (χ1) is 11.3. The molecule has 0 aliphatic heterocycles. The first-order valence-corrected chi connectivity index (χ1v) is 7.77. The number of rotatable bonds is 6. The number of carbonyl (C=O) groups excluding carboxylic acids is 1. The molecule has 128 valence electrons. The van der Waals surface area contributed by atoms with E-state index in [0.717, 1.165) is 23.4 Å². The van der Waals surface area contributed by atoms with E-state index in [1.165, 1.54) is 6.07 Å². The molecule has 1 amide bonds. The predicted octanol–water partition coefficient (Wildman–Crippen LogP) is 3.21. The molecular weight excluding hydrogens is 333 g/mol. The molecule has 0 spiro atoms. The quantitative estimate of drug-likeness (QED) is 0.840. The molecule has 0 aliphatic rings. The van der Waals surface area contributed by atoms with Crippen molar-refractivity contribution in [2.45, 2.75) is 18.9 Å². The van der Waals surface area contributed by atoms with E-state index >= 15 is 0 Å². The van der Waals surface area contributed by atoms with E-state index in [9.17, 15) is 14.3 Å². The Labute approximate surface area is 145 Å². The second-order valence-electron chi connectivity index (χ2n) is 5.83. The third-order valence-corrected chi connectivity index (χ3v) is 3.86. The maximum Gasteiger partial charge on any atom is 0.252 e. The molecule has 2 N–H and O–H groups in total. The second kappa shape index (κ2) is 7.64. The molecule has 4 nitrogen and oxygen atoms in total. The van der Waals surface area contributed by atoms with E-state index < -0.39 is 17.3 Å². The van der Waals surface area contributed by atoms with Crippen LogP contribution in [-0.2, 0) is 6.42 Å². The number of hydrogen-bond acceptors (Lipinski definition) is 3. The Hall–Kier alpha value is -2.11. The Bertz CT molecular complexity index is 717. The molecule has 2 rings (SSSR count). The minimum Gasteiger partial charge on any atom is -0.497 e. The smallest absolute Gasteiger partial charge is 0.252 e. The summed E-state index contributed by atoms with van der Waals surface area (Å²) in [5, 5.41) is 13.1. The lowest BCUT2D eigenvalue weighted by molar-refractivity contribution is 0.0552. The standard InChI is InChI=1S/C18H19ClFNO3/c1-18(23,10-12-3-6-14(24-2)7-4-12)11-21-17(22)15-8-5-13(20)9-16(15)19/h3-9,23H,10-11H2,1-2H3,(H,21,22)/t18-/m1/s1. The fourth-order valence-electron chi connectivity index (χ4n) is 2.29. The van der Waals surface area contributed by atoms with Crippen LogP contribution in [0.4, 0.5) is 4.39 Å². The highest BCUT2D eigenvalue weighted by Crippen LogP contribution is 2.19. The molecule has 0 unspecified atom stereocenters. The lowest BCUT2D eigenvalue weighted by Crippen LogP contribution is -2.42. The van der Waals surface area contributed by atoms with Crippen LogP contribution in [-0.4, -0.2) is 30.3 Å². The summed E-state index contributed by atoms with van der Waals surface area (Å²) in [6.45, 7) is 1.66. The van der Waals surface area contributed by atoms with Gasteiger partial charge in [-0.1, -0.05) is 23.7 Å². The van der Waals surface area contributed by atoms with E-state index in [2.05, 4.69) is 5.32 Å². The molecule has 0 saturated carbocycles. The normalized spacial score (nSPS) is 13.2. The number of halogens is 2. The van der Waals surface area contributed by atoms with Gasteiger partial charge in [-0.05, 0) is 42.8 Å². The van der Waals surface area contributed by atoms with Gasteiger partial charge in [0, 0.05) is 13.0 Å². The topological polar surface area (TPSA) is 58.6 Å². The summed E-state index contributed by atoms with van der Waals surface area (Å²) in [6, 6.07) is 10.9. The molecule has 2 aromatic carbocycles. The van der Waals surface area contributed by atoms with Gasteiger partial charge in [0.15, 0.2) is 0 Å². The molecule has 6 heteroatoms. The molecule has 2 aromatic rings. The Morgan fingerprint density at radius 3 is 2.54 bits per heavy atom. The highest BCUT2D eigenvalue weighted by atomic mass is 35.5. The maximum atomic E-state index is 13.0. The van der Waals surface area contributed by atoms with Gasteiger partial charge in [-0.15, -0.1) is 0 Å². The van der Waals surface area contributed by atoms with E-state index in [1.807, 2.05) is 24.3 Å². The molecular formula is C18H19ClFNO3. The van der Waals surface area contributed by atoms with Crippen LogP contribution >= 0.6 is 11.6 Å². The van der Waals surface area contributed by atoms with Crippen LogP contribution in [0, 0.1) is 5.82 Å². The van der Waals surface area contributed by atoms with Gasteiger partial charge < -0.3 is 15.2 Å². The van der Waals surface area contributed by atoms with Crippen molar-refractivity contribution in [2.75, 3.05) is 13.7 Å². The lowest BCUT2D eigenvalue weighted by Gasteiger charge is -2.24. The molecule has 0 heterocycles. The predicted molar refractivity (Wildman–Crippen MR) is 91.1 cm³/mol. The van der Waals surface area contributed by atoms with Crippen LogP contribution in [0.2, 0.25) is 5.02 Å². The van der Waals surface area contributed by atoms with Crippen molar-refractivity contribution in [3.8, 4) is 5.75 Å². The minimum atomic E-state index is -1.14. The summed E-state index contributed by atoms with van der Waals surface area (Å²) in [6.07, 6.45) is 0.356. The Morgan fingerprint density at radius 2 is 1.96 bits per heavy atom. The third-order valence-electron chi connectivity index (χ3n) is 3.55. The summed E-state index contributed by atoms with van der Waals surface area (Å²) < 4.78 is 18.1. The first-order valence-electron chi connectivity index (χ1n) is 7.39. The molecule has 1 atom stereocenters. The van der Waals surface area contributed by atoms with Gasteiger partial charge in [0.2, 0.25) is 0 Å². The zero-order chi connectivity index (χ0) is 17.7. The zero-order valence-corrected chi connectivity index (χ0v) is 14.2. The van der Waals surface area contributed by atoms with Gasteiger partial charge in [0.05, 0.1) is 23.3 Å². The number of hydrogen-bond donors (Lipinski definition) is 2. The highest BCUT2D eigenvalue weighted by Gasteiger charge is 2.23. The molecule has 0 aromatic heterocycles. The summed E-state index contributed by atoms with van der Waals surface area (Å²) in [7, 11) is 1.58. The monoisotopic (exact) mass is 351 g/mol. The number of ether oxygens (including phenoxy) is 1. The molecule has 0 radical (unpaired) electrons. The average Bonchev–Trinajstić information content (AvgIpc) is 2.53. The lowest BCUT2D eigenvalue weighted by atomic mass is 9.96. The summed E-state index contributed by atoms with van der Waals surface area (Å²) in [5.41, 5.74) is -0.0651. The van der Waals surface area contributed by atoms with Crippen LogP contribution in [0.15, 0.2) is 42.5 Å². The number of benzene rings is 2. The fourth-order valence-corrected chi connectivity index (χ4v) is 2.54.